The van der Waals surface area contributed by atoms with Gasteiger partial charge in [0.25, 0.3) is 0 Å². The number of rotatable bonds is 6. The zero-order valence-electron chi connectivity index (χ0n) is 14.1. The van der Waals surface area contributed by atoms with E-state index in [2.05, 4.69) is 10.1 Å². The highest BCUT2D eigenvalue weighted by Gasteiger charge is 2.18. The standard InChI is InChI=1S/C17H20Cl2N2O4.ClH/c18-13-1-2-16-15(7-13)17(19)12(10-24-16)8-20-25-11-14(22)9-21-3-5-23-6-4-21;/h1-2,7-8,14,22H,3-6,9-11H2;1H. The van der Waals surface area contributed by atoms with Crippen LogP contribution in [-0.4, -0.2) is 68.4 Å². The maximum absolute atomic E-state index is 9.99. The molecular formula is C17H21Cl3N2O4. The fraction of sp³-hybridized carbons (Fsp3) is 0.471. The Morgan fingerprint density at radius 3 is 2.85 bits per heavy atom. The number of morpholine rings is 1. The van der Waals surface area contributed by atoms with Gasteiger partial charge >= 0.3 is 0 Å². The quantitative estimate of drug-likeness (QED) is 0.563. The van der Waals surface area contributed by atoms with Gasteiger partial charge in [0.15, 0.2) is 0 Å². The maximum atomic E-state index is 9.99. The Hall–Kier alpha value is -1.02. The van der Waals surface area contributed by atoms with Crippen molar-refractivity contribution in [3.63, 3.8) is 0 Å². The van der Waals surface area contributed by atoms with Crippen molar-refractivity contribution in [2.45, 2.75) is 6.10 Å². The highest BCUT2D eigenvalue weighted by atomic mass is 35.5. The molecule has 0 saturated carbocycles. The van der Waals surface area contributed by atoms with Gasteiger partial charge in [0.05, 0.1) is 24.5 Å². The molecule has 9 heteroatoms. The number of benzene rings is 1. The summed E-state index contributed by atoms with van der Waals surface area (Å²) in [6.45, 7) is 3.99. The number of aliphatic hydroxyl groups is 1. The van der Waals surface area contributed by atoms with E-state index in [-0.39, 0.29) is 19.0 Å². The molecule has 0 spiro atoms. The lowest BCUT2D eigenvalue weighted by molar-refractivity contribution is -0.0128. The third-order valence-electron chi connectivity index (χ3n) is 3.97. The number of oxime groups is 1. The van der Waals surface area contributed by atoms with Crippen LogP contribution in [0.1, 0.15) is 5.56 Å². The fourth-order valence-corrected chi connectivity index (χ4v) is 3.07. The minimum atomic E-state index is -0.609. The Balaban J connectivity index is 0.00000243. The molecule has 1 atom stereocenters. The summed E-state index contributed by atoms with van der Waals surface area (Å²) in [6, 6.07) is 5.29. The van der Waals surface area contributed by atoms with Crippen LogP contribution < -0.4 is 4.74 Å². The van der Waals surface area contributed by atoms with E-state index in [1.165, 1.54) is 6.21 Å². The zero-order chi connectivity index (χ0) is 17.6. The smallest absolute Gasteiger partial charge is 0.144 e. The molecule has 1 fully saturated rings. The van der Waals surface area contributed by atoms with Gasteiger partial charge in [0.2, 0.25) is 0 Å². The number of hydrogen-bond acceptors (Lipinski definition) is 6. The van der Waals surface area contributed by atoms with Crippen molar-refractivity contribution in [2.24, 2.45) is 5.16 Å². The van der Waals surface area contributed by atoms with E-state index in [0.717, 1.165) is 18.7 Å². The molecule has 0 aromatic heterocycles. The number of hydrogen-bond donors (Lipinski definition) is 1. The van der Waals surface area contributed by atoms with Crippen LogP contribution in [0.4, 0.5) is 0 Å². The Kier molecular flexibility index (Phi) is 8.47. The molecule has 6 nitrogen and oxygen atoms in total. The highest BCUT2D eigenvalue weighted by Crippen LogP contribution is 2.36. The SMILES string of the molecule is Cl.OC(CON=CC1=C(Cl)c2cc(Cl)ccc2OC1)CN1CCOCC1. The van der Waals surface area contributed by atoms with E-state index < -0.39 is 6.10 Å². The summed E-state index contributed by atoms with van der Waals surface area (Å²) in [4.78, 5) is 7.32. The maximum Gasteiger partial charge on any atom is 0.144 e. The molecular weight excluding hydrogens is 403 g/mol. The van der Waals surface area contributed by atoms with Gasteiger partial charge in [-0.15, -0.1) is 12.4 Å². The van der Waals surface area contributed by atoms with Crippen LogP contribution >= 0.6 is 35.6 Å². The van der Waals surface area contributed by atoms with E-state index in [1.54, 1.807) is 18.2 Å². The molecule has 1 saturated heterocycles. The number of β-amino-alcohol motifs (C(OH)–C–C–N with tert-alkyl or cyclic N) is 1. The van der Waals surface area contributed by atoms with Crippen LogP contribution in [0.3, 0.4) is 0 Å². The van der Waals surface area contributed by atoms with Crippen molar-refractivity contribution in [3.05, 3.63) is 34.4 Å². The minimum Gasteiger partial charge on any atom is -0.488 e. The number of ether oxygens (including phenoxy) is 2. The largest absolute Gasteiger partial charge is 0.488 e. The first-order valence-corrected chi connectivity index (χ1v) is 8.84. The summed E-state index contributed by atoms with van der Waals surface area (Å²) in [5, 5.41) is 15.0. The average Bonchev–Trinajstić information content (AvgIpc) is 2.62. The van der Waals surface area contributed by atoms with Gasteiger partial charge in [0, 0.05) is 35.8 Å². The monoisotopic (exact) mass is 422 g/mol. The number of aliphatic hydroxyl groups excluding tert-OH is 1. The van der Waals surface area contributed by atoms with Crippen LogP contribution in [0.5, 0.6) is 5.75 Å². The first-order chi connectivity index (χ1) is 12.1. The van der Waals surface area contributed by atoms with E-state index in [0.29, 0.717) is 47.7 Å². The Labute approximate surface area is 168 Å². The van der Waals surface area contributed by atoms with Crippen molar-refractivity contribution in [1.29, 1.82) is 0 Å². The van der Waals surface area contributed by atoms with Gasteiger partial charge in [-0.1, -0.05) is 28.4 Å². The van der Waals surface area contributed by atoms with Crippen LogP contribution in [0.2, 0.25) is 5.02 Å². The molecule has 1 unspecified atom stereocenters. The van der Waals surface area contributed by atoms with E-state index in [9.17, 15) is 5.11 Å². The zero-order valence-corrected chi connectivity index (χ0v) is 16.4. The lowest BCUT2D eigenvalue weighted by atomic mass is 10.1. The van der Waals surface area contributed by atoms with Gasteiger partial charge in [-0.3, -0.25) is 4.90 Å². The minimum absolute atomic E-state index is 0. The molecule has 1 N–H and O–H groups in total. The Morgan fingerprint density at radius 1 is 1.31 bits per heavy atom. The molecule has 2 aliphatic rings. The second-order valence-electron chi connectivity index (χ2n) is 5.87. The summed E-state index contributed by atoms with van der Waals surface area (Å²) < 4.78 is 10.9. The van der Waals surface area contributed by atoms with Gasteiger partial charge in [-0.25, -0.2) is 0 Å². The van der Waals surface area contributed by atoms with Crippen LogP contribution in [0.25, 0.3) is 5.03 Å². The van der Waals surface area contributed by atoms with Gasteiger partial charge in [-0.2, -0.15) is 0 Å². The molecule has 2 heterocycles. The van der Waals surface area contributed by atoms with Crippen molar-refractivity contribution in [1.82, 2.24) is 4.90 Å². The third kappa shape index (κ3) is 5.74. The van der Waals surface area contributed by atoms with E-state index in [1.807, 2.05) is 0 Å². The lowest BCUT2D eigenvalue weighted by Gasteiger charge is -2.28. The van der Waals surface area contributed by atoms with Gasteiger partial charge in [0.1, 0.15) is 25.1 Å². The number of halogens is 3. The molecule has 0 bridgehead atoms. The number of fused-ring (bicyclic) bond motifs is 1. The first kappa shape index (κ1) is 21.3. The second kappa shape index (κ2) is 10.3. The molecule has 26 heavy (non-hydrogen) atoms. The summed E-state index contributed by atoms with van der Waals surface area (Å²) in [5.41, 5.74) is 1.42. The van der Waals surface area contributed by atoms with Crippen LogP contribution in [0, 0.1) is 0 Å². The summed E-state index contributed by atoms with van der Waals surface area (Å²) in [7, 11) is 0. The number of nitrogens with zero attached hydrogens (tertiary/aromatic N) is 2. The van der Waals surface area contributed by atoms with Gasteiger partial charge in [-0.05, 0) is 18.2 Å². The molecule has 1 aromatic rings. The van der Waals surface area contributed by atoms with Crippen LogP contribution in [0.15, 0.2) is 28.9 Å². The summed E-state index contributed by atoms with van der Waals surface area (Å²) in [5.74, 6) is 0.688. The highest BCUT2D eigenvalue weighted by molar-refractivity contribution is 6.51. The molecule has 3 rings (SSSR count). The molecule has 0 aliphatic carbocycles. The molecule has 2 aliphatic heterocycles. The predicted molar refractivity (Wildman–Crippen MR) is 105 cm³/mol. The van der Waals surface area contributed by atoms with Crippen LogP contribution in [-0.2, 0) is 9.57 Å². The topological polar surface area (TPSA) is 63.5 Å². The van der Waals surface area contributed by atoms with Gasteiger partial charge < -0.3 is 19.4 Å². The normalized spacial score (nSPS) is 18.9. The van der Waals surface area contributed by atoms with E-state index >= 15 is 0 Å². The molecule has 0 radical (unpaired) electrons. The summed E-state index contributed by atoms with van der Waals surface area (Å²) >= 11 is 12.4. The fourth-order valence-electron chi connectivity index (χ4n) is 2.65. The predicted octanol–water partition coefficient (Wildman–Crippen LogP) is 2.80. The average molecular weight is 424 g/mol. The van der Waals surface area contributed by atoms with Crippen molar-refractivity contribution < 1.29 is 19.4 Å². The molecule has 0 amide bonds. The third-order valence-corrected chi connectivity index (χ3v) is 4.65. The van der Waals surface area contributed by atoms with Crippen molar-refractivity contribution >= 4 is 46.9 Å². The lowest BCUT2D eigenvalue weighted by Crippen LogP contribution is -2.42. The van der Waals surface area contributed by atoms with Crippen molar-refractivity contribution in [2.75, 3.05) is 46.1 Å². The summed E-state index contributed by atoms with van der Waals surface area (Å²) in [6.07, 6.45) is 0.898. The van der Waals surface area contributed by atoms with Crippen molar-refractivity contribution in [3.8, 4) is 5.75 Å². The second-order valence-corrected chi connectivity index (χ2v) is 6.68. The molecule has 144 valence electrons. The Morgan fingerprint density at radius 2 is 2.08 bits per heavy atom. The van der Waals surface area contributed by atoms with E-state index in [4.69, 9.17) is 37.5 Å². The first-order valence-electron chi connectivity index (χ1n) is 8.08. The molecule has 1 aromatic carbocycles. The Bertz CT molecular complexity index is 663.